The Morgan fingerprint density at radius 2 is 2.33 bits per heavy atom. The summed E-state index contributed by atoms with van der Waals surface area (Å²) in [5.74, 6) is -1.13. The van der Waals surface area contributed by atoms with Crippen LogP contribution in [0.3, 0.4) is 0 Å². The second kappa shape index (κ2) is 6.99. The van der Waals surface area contributed by atoms with Gasteiger partial charge in [-0.2, -0.15) is 0 Å². The van der Waals surface area contributed by atoms with Crippen LogP contribution in [0.15, 0.2) is 24.4 Å². The molecule has 0 aromatic carbocycles. The van der Waals surface area contributed by atoms with Gasteiger partial charge in [-0.05, 0) is 24.1 Å². The average molecular weight is 290 g/mol. The van der Waals surface area contributed by atoms with Gasteiger partial charge in [0.05, 0.1) is 19.3 Å². The molecule has 21 heavy (non-hydrogen) atoms. The highest BCUT2D eigenvalue weighted by Gasteiger charge is 2.27. The van der Waals surface area contributed by atoms with Crippen LogP contribution in [0.4, 0.5) is 0 Å². The zero-order valence-corrected chi connectivity index (χ0v) is 11.9. The fourth-order valence-corrected chi connectivity index (χ4v) is 2.21. The minimum Gasteiger partial charge on any atom is -0.478 e. The fourth-order valence-electron chi connectivity index (χ4n) is 2.21. The summed E-state index contributed by atoms with van der Waals surface area (Å²) >= 11 is 0. The number of ether oxygens (including phenoxy) is 1. The number of carbonyl (C=O) groups excluding carboxylic acids is 1. The first kappa shape index (κ1) is 15.2. The Bertz CT molecular complexity index is 539. The van der Waals surface area contributed by atoms with Gasteiger partial charge < -0.3 is 14.7 Å². The maximum atomic E-state index is 12.4. The van der Waals surface area contributed by atoms with Gasteiger partial charge in [-0.25, -0.2) is 4.79 Å². The van der Waals surface area contributed by atoms with Gasteiger partial charge in [-0.1, -0.05) is 13.0 Å². The van der Waals surface area contributed by atoms with Crippen LogP contribution in [0.2, 0.25) is 0 Å². The standard InChI is InChI=1S/C15H18N2O4/c1-2-12-10-21-8-7-17(12)15(20)13-5-3-11(9-16-13)4-6-14(18)19/h3-6,9,12H,2,7-8,10H2,1H3,(H,18,19). The molecule has 112 valence electrons. The molecule has 1 N–H and O–H groups in total. The molecule has 1 atom stereocenters. The van der Waals surface area contributed by atoms with Crippen molar-refractivity contribution >= 4 is 18.0 Å². The molecule has 1 aliphatic heterocycles. The molecule has 0 spiro atoms. The van der Waals surface area contributed by atoms with Crippen LogP contribution in [-0.2, 0) is 9.53 Å². The van der Waals surface area contributed by atoms with E-state index in [0.717, 1.165) is 12.5 Å². The van der Waals surface area contributed by atoms with Crippen LogP contribution >= 0.6 is 0 Å². The molecule has 0 saturated carbocycles. The van der Waals surface area contributed by atoms with E-state index in [1.807, 2.05) is 6.92 Å². The Labute approximate surface area is 123 Å². The van der Waals surface area contributed by atoms with Crippen LogP contribution in [0.1, 0.15) is 29.4 Å². The number of aromatic nitrogens is 1. The van der Waals surface area contributed by atoms with Crippen molar-refractivity contribution in [3.8, 4) is 0 Å². The minimum absolute atomic E-state index is 0.0830. The monoisotopic (exact) mass is 290 g/mol. The van der Waals surface area contributed by atoms with Crippen molar-refractivity contribution in [1.29, 1.82) is 0 Å². The van der Waals surface area contributed by atoms with Gasteiger partial charge in [-0.3, -0.25) is 9.78 Å². The van der Waals surface area contributed by atoms with Crippen LogP contribution in [0, 0.1) is 0 Å². The van der Waals surface area contributed by atoms with Gasteiger partial charge in [0, 0.05) is 18.8 Å². The van der Waals surface area contributed by atoms with E-state index in [9.17, 15) is 9.59 Å². The Morgan fingerprint density at radius 1 is 1.52 bits per heavy atom. The Hall–Kier alpha value is -2.21. The molecule has 1 unspecified atom stereocenters. The van der Waals surface area contributed by atoms with E-state index in [1.54, 1.807) is 17.0 Å². The maximum Gasteiger partial charge on any atom is 0.328 e. The number of carboxylic acid groups (broad SMARTS) is 1. The molecule has 1 saturated heterocycles. The normalized spacial score (nSPS) is 18.9. The lowest BCUT2D eigenvalue weighted by molar-refractivity contribution is -0.131. The van der Waals surface area contributed by atoms with Gasteiger partial charge in [0.15, 0.2) is 0 Å². The number of amides is 1. The molecule has 1 aromatic heterocycles. The lowest BCUT2D eigenvalue weighted by Gasteiger charge is -2.34. The highest BCUT2D eigenvalue weighted by atomic mass is 16.5. The molecule has 1 aromatic rings. The topological polar surface area (TPSA) is 79.7 Å². The number of pyridine rings is 1. The SMILES string of the molecule is CCC1COCCN1C(=O)c1ccc(C=CC(=O)O)cn1. The quantitative estimate of drug-likeness (QED) is 0.849. The number of morpholine rings is 1. The number of hydrogen-bond donors (Lipinski definition) is 1. The molecule has 1 amide bonds. The third-order valence-corrected chi connectivity index (χ3v) is 3.38. The third-order valence-electron chi connectivity index (χ3n) is 3.38. The summed E-state index contributed by atoms with van der Waals surface area (Å²) in [5, 5.41) is 8.56. The molecule has 1 fully saturated rings. The van der Waals surface area contributed by atoms with Crippen LogP contribution < -0.4 is 0 Å². The van der Waals surface area contributed by atoms with E-state index in [-0.39, 0.29) is 11.9 Å². The van der Waals surface area contributed by atoms with Crippen molar-refractivity contribution in [3.05, 3.63) is 35.7 Å². The summed E-state index contributed by atoms with van der Waals surface area (Å²) in [7, 11) is 0. The average Bonchev–Trinajstić information content (AvgIpc) is 2.52. The second-order valence-corrected chi connectivity index (χ2v) is 4.78. The van der Waals surface area contributed by atoms with Crippen molar-refractivity contribution in [3.63, 3.8) is 0 Å². The maximum absolute atomic E-state index is 12.4. The Kier molecular flexibility index (Phi) is 5.05. The molecule has 6 heteroatoms. The van der Waals surface area contributed by atoms with E-state index in [4.69, 9.17) is 9.84 Å². The zero-order valence-electron chi connectivity index (χ0n) is 11.9. The predicted octanol–water partition coefficient (Wildman–Crippen LogP) is 1.43. The van der Waals surface area contributed by atoms with Crippen LogP contribution in [0.25, 0.3) is 6.08 Å². The predicted molar refractivity (Wildman–Crippen MR) is 76.8 cm³/mol. The lowest BCUT2D eigenvalue weighted by Crippen LogP contribution is -2.48. The summed E-state index contributed by atoms with van der Waals surface area (Å²) in [6.45, 7) is 3.69. The first-order chi connectivity index (χ1) is 10.1. The molecule has 0 bridgehead atoms. The summed E-state index contributed by atoms with van der Waals surface area (Å²) in [5.41, 5.74) is 1.01. The van der Waals surface area contributed by atoms with E-state index < -0.39 is 5.97 Å². The zero-order chi connectivity index (χ0) is 15.2. The molecule has 2 rings (SSSR count). The summed E-state index contributed by atoms with van der Waals surface area (Å²) in [4.78, 5) is 28.8. The molecule has 1 aliphatic rings. The lowest BCUT2D eigenvalue weighted by atomic mass is 10.1. The number of carboxylic acids is 1. The first-order valence-corrected chi connectivity index (χ1v) is 6.87. The molecule has 0 aliphatic carbocycles. The van der Waals surface area contributed by atoms with Gasteiger partial charge in [-0.15, -0.1) is 0 Å². The second-order valence-electron chi connectivity index (χ2n) is 4.78. The Morgan fingerprint density at radius 3 is 2.95 bits per heavy atom. The van der Waals surface area contributed by atoms with Crippen LogP contribution in [-0.4, -0.2) is 52.7 Å². The van der Waals surface area contributed by atoms with E-state index >= 15 is 0 Å². The molecule has 6 nitrogen and oxygen atoms in total. The first-order valence-electron chi connectivity index (χ1n) is 6.87. The number of aliphatic carboxylic acids is 1. The fraction of sp³-hybridized carbons (Fsp3) is 0.400. The van der Waals surface area contributed by atoms with Crippen molar-refractivity contribution in [2.45, 2.75) is 19.4 Å². The molecular formula is C15H18N2O4. The molecule has 0 radical (unpaired) electrons. The number of hydrogen-bond acceptors (Lipinski definition) is 4. The minimum atomic E-state index is -1.02. The number of rotatable bonds is 4. The van der Waals surface area contributed by atoms with E-state index in [1.165, 1.54) is 12.3 Å². The van der Waals surface area contributed by atoms with E-state index in [2.05, 4.69) is 4.98 Å². The van der Waals surface area contributed by atoms with Gasteiger partial charge in [0.2, 0.25) is 0 Å². The molecule has 2 heterocycles. The highest BCUT2D eigenvalue weighted by molar-refractivity contribution is 5.93. The summed E-state index contributed by atoms with van der Waals surface area (Å²) in [6, 6.07) is 3.38. The van der Waals surface area contributed by atoms with Crippen molar-refractivity contribution < 1.29 is 19.4 Å². The number of carbonyl (C=O) groups is 2. The van der Waals surface area contributed by atoms with Crippen molar-refractivity contribution in [2.75, 3.05) is 19.8 Å². The smallest absolute Gasteiger partial charge is 0.328 e. The highest BCUT2D eigenvalue weighted by Crippen LogP contribution is 2.14. The Balaban J connectivity index is 2.10. The number of nitrogens with zero attached hydrogens (tertiary/aromatic N) is 2. The third kappa shape index (κ3) is 3.88. The van der Waals surface area contributed by atoms with Gasteiger partial charge in [0.1, 0.15) is 5.69 Å². The summed E-state index contributed by atoms with van der Waals surface area (Å²) < 4.78 is 5.38. The van der Waals surface area contributed by atoms with Gasteiger partial charge >= 0.3 is 5.97 Å². The largest absolute Gasteiger partial charge is 0.478 e. The van der Waals surface area contributed by atoms with E-state index in [0.29, 0.717) is 31.0 Å². The van der Waals surface area contributed by atoms with Crippen LogP contribution in [0.5, 0.6) is 0 Å². The summed E-state index contributed by atoms with van der Waals surface area (Å²) in [6.07, 6.45) is 4.81. The molecular weight excluding hydrogens is 272 g/mol. The van der Waals surface area contributed by atoms with Crippen molar-refractivity contribution in [2.24, 2.45) is 0 Å². The van der Waals surface area contributed by atoms with Crippen molar-refractivity contribution in [1.82, 2.24) is 9.88 Å². The van der Waals surface area contributed by atoms with Gasteiger partial charge in [0.25, 0.3) is 5.91 Å².